The SMILES string of the molecule is N#Cc1ccc(OCC(=O)Nc2ccc(-c3nccs3)cc2)cc1. The summed E-state index contributed by atoms with van der Waals surface area (Å²) in [4.78, 5) is 16.2. The minimum atomic E-state index is -0.249. The molecule has 0 saturated carbocycles. The molecule has 2 aromatic carbocycles. The molecule has 1 N–H and O–H groups in total. The highest BCUT2D eigenvalue weighted by Crippen LogP contribution is 2.23. The zero-order valence-corrected chi connectivity index (χ0v) is 13.4. The Morgan fingerprint density at radius 3 is 2.54 bits per heavy atom. The van der Waals surface area contributed by atoms with E-state index in [1.807, 2.05) is 35.7 Å². The van der Waals surface area contributed by atoms with E-state index in [1.54, 1.807) is 41.8 Å². The molecule has 0 radical (unpaired) electrons. The van der Waals surface area contributed by atoms with Crippen LogP contribution in [0.1, 0.15) is 5.56 Å². The van der Waals surface area contributed by atoms with E-state index in [9.17, 15) is 4.79 Å². The second-order valence-electron chi connectivity index (χ2n) is 4.89. The van der Waals surface area contributed by atoms with Gasteiger partial charge in [-0.3, -0.25) is 4.79 Å². The highest BCUT2D eigenvalue weighted by molar-refractivity contribution is 7.13. The Kier molecular flexibility index (Phi) is 4.84. The van der Waals surface area contributed by atoms with Crippen molar-refractivity contribution in [2.45, 2.75) is 0 Å². The van der Waals surface area contributed by atoms with Gasteiger partial charge in [0.15, 0.2) is 6.61 Å². The van der Waals surface area contributed by atoms with Gasteiger partial charge in [-0.15, -0.1) is 11.3 Å². The van der Waals surface area contributed by atoms with E-state index in [4.69, 9.17) is 10.00 Å². The number of thiazole rings is 1. The number of hydrogen-bond donors (Lipinski definition) is 1. The molecule has 24 heavy (non-hydrogen) atoms. The number of benzene rings is 2. The van der Waals surface area contributed by atoms with Crippen LogP contribution in [0.25, 0.3) is 10.6 Å². The van der Waals surface area contributed by atoms with E-state index in [-0.39, 0.29) is 12.5 Å². The van der Waals surface area contributed by atoms with Crippen molar-refractivity contribution in [3.63, 3.8) is 0 Å². The fourth-order valence-corrected chi connectivity index (χ4v) is 2.68. The van der Waals surface area contributed by atoms with Crippen LogP contribution in [0.2, 0.25) is 0 Å². The lowest BCUT2D eigenvalue weighted by atomic mass is 10.2. The number of carbonyl (C=O) groups is 1. The molecule has 6 heteroatoms. The molecule has 0 aliphatic rings. The van der Waals surface area contributed by atoms with Crippen molar-refractivity contribution in [3.05, 3.63) is 65.7 Å². The van der Waals surface area contributed by atoms with Crippen LogP contribution in [-0.2, 0) is 4.79 Å². The topological polar surface area (TPSA) is 75.0 Å². The van der Waals surface area contributed by atoms with E-state index in [1.165, 1.54) is 0 Å². The summed E-state index contributed by atoms with van der Waals surface area (Å²) in [5.74, 6) is 0.296. The summed E-state index contributed by atoms with van der Waals surface area (Å²) in [6, 6.07) is 16.1. The van der Waals surface area contributed by atoms with Gasteiger partial charge < -0.3 is 10.1 Å². The second kappa shape index (κ2) is 7.40. The first-order valence-electron chi connectivity index (χ1n) is 7.17. The number of nitriles is 1. The largest absolute Gasteiger partial charge is 0.484 e. The Balaban J connectivity index is 1.53. The fourth-order valence-electron chi connectivity index (χ4n) is 2.03. The molecular formula is C18H13N3O2S. The molecule has 0 aliphatic carbocycles. The maximum absolute atomic E-state index is 11.9. The van der Waals surface area contributed by atoms with Crippen LogP contribution in [0.15, 0.2) is 60.1 Å². The van der Waals surface area contributed by atoms with Crippen LogP contribution in [0.5, 0.6) is 5.75 Å². The summed E-state index contributed by atoms with van der Waals surface area (Å²) < 4.78 is 5.39. The highest BCUT2D eigenvalue weighted by Gasteiger charge is 2.05. The van der Waals surface area contributed by atoms with Crippen LogP contribution in [0.4, 0.5) is 5.69 Å². The van der Waals surface area contributed by atoms with Crippen molar-refractivity contribution >= 4 is 22.9 Å². The molecule has 0 unspecified atom stereocenters. The monoisotopic (exact) mass is 335 g/mol. The molecule has 3 rings (SSSR count). The average Bonchev–Trinajstić information content (AvgIpc) is 3.16. The van der Waals surface area contributed by atoms with Gasteiger partial charge in [0, 0.05) is 22.8 Å². The number of carbonyl (C=O) groups excluding carboxylic acids is 1. The van der Waals surface area contributed by atoms with Gasteiger partial charge in [0.25, 0.3) is 5.91 Å². The van der Waals surface area contributed by atoms with Crippen molar-refractivity contribution < 1.29 is 9.53 Å². The summed E-state index contributed by atoms with van der Waals surface area (Å²) in [6.07, 6.45) is 1.76. The zero-order valence-electron chi connectivity index (χ0n) is 12.6. The van der Waals surface area contributed by atoms with Gasteiger partial charge in [0.05, 0.1) is 11.6 Å². The Morgan fingerprint density at radius 2 is 1.92 bits per heavy atom. The van der Waals surface area contributed by atoms with Crippen molar-refractivity contribution in [3.8, 4) is 22.4 Å². The lowest BCUT2D eigenvalue weighted by molar-refractivity contribution is -0.118. The minimum Gasteiger partial charge on any atom is -0.484 e. The number of anilines is 1. The molecule has 0 saturated heterocycles. The third kappa shape index (κ3) is 3.97. The van der Waals surface area contributed by atoms with E-state index >= 15 is 0 Å². The predicted octanol–water partition coefficient (Wildman–Crippen LogP) is 3.70. The van der Waals surface area contributed by atoms with Crippen LogP contribution >= 0.6 is 11.3 Å². The van der Waals surface area contributed by atoms with Crippen molar-refractivity contribution in [2.24, 2.45) is 0 Å². The number of hydrogen-bond acceptors (Lipinski definition) is 5. The van der Waals surface area contributed by atoms with Crippen molar-refractivity contribution in [1.82, 2.24) is 4.98 Å². The normalized spacial score (nSPS) is 9.96. The second-order valence-corrected chi connectivity index (χ2v) is 5.78. The van der Waals surface area contributed by atoms with E-state index in [2.05, 4.69) is 10.3 Å². The van der Waals surface area contributed by atoms with Gasteiger partial charge in [0.2, 0.25) is 0 Å². The zero-order chi connectivity index (χ0) is 16.8. The summed E-state index contributed by atoms with van der Waals surface area (Å²) in [7, 11) is 0. The first-order chi connectivity index (χ1) is 11.7. The van der Waals surface area contributed by atoms with Gasteiger partial charge in [-0.1, -0.05) is 0 Å². The maximum Gasteiger partial charge on any atom is 0.262 e. The number of rotatable bonds is 5. The first kappa shape index (κ1) is 15.7. The van der Waals surface area contributed by atoms with Gasteiger partial charge >= 0.3 is 0 Å². The van der Waals surface area contributed by atoms with Crippen molar-refractivity contribution in [2.75, 3.05) is 11.9 Å². The third-order valence-corrected chi connectivity index (χ3v) is 4.02. The maximum atomic E-state index is 11.9. The summed E-state index contributed by atoms with van der Waals surface area (Å²) >= 11 is 1.57. The molecule has 0 aliphatic heterocycles. The summed E-state index contributed by atoms with van der Waals surface area (Å²) in [5.41, 5.74) is 2.26. The molecule has 118 valence electrons. The van der Waals surface area contributed by atoms with Crippen LogP contribution in [-0.4, -0.2) is 17.5 Å². The molecule has 1 heterocycles. The van der Waals surface area contributed by atoms with Gasteiger partial charge in [-0.05, 0) is 48.5 Å². The lowest BCUT2D eigenvalue weighted by Crippen LogP contribution is -2.20. The lowest BCUT2D eigenvalue weighted by Gasteiger charge is -2.08. The summed E-state index contributed by atoms with van der Waals surface area (Å²) in [6.45, 7) is -0.0971. The number of aromatic nitrogens is 1. The van der Waals surface area contributed by atoms with E-state index in [0.29, 0.717) is 17.0 Å². The Hall–Kier alpha value is -3.17. The molecule has 0 spiro atoms. The Morgan fingerprint density at radius 1 is 1.17 bits per heavy atom. The Labute approximate surface area is 143 Å². The first-order valence-corrected chi connectivity index (χ1v) is 8.05. The van der Waals surface area contributed by atoms with Gasteiger partial charge in [-0.2, -0.15) is 5.26 Å². The van der Waals surface area contributed by atoms with Crippen LogP contribution < -0.4 is 10.1 Å². The average molecular weight is 335 g/mol. The smallest absolute Gasteiger partial charge is 0.262 e. The Bertz CT molecular complexity index is 851. The summed E-state index contributed by atoms with van der Waals surface area (Å²) in [5, 5.41) is 14.4. The predicted molar refractivity (Wildman–Crippen MR) is 92.8 cm³/mol. The van der Waals surface area contributed by atoms with E-state index in [0.717, 1.165) is 10.6 Å². The molecular weight excluding hydrogens is 322 g/mol. The third-order valence-electron chi connectivity index (χ3n) is 3.20. The number of ether oxygens (including phenoxy) is 1. The fraction of sp³-hybridized carbons (Fsp3) is 0.0556. The van der Waals surface area contributed by atoms with Gasteiger partial charge in [-0.25, -0.2) is 4.98 Å². The molecule has 5 nitrogen and oxygen atoms in total. The molecule has 0 atom stereocenters. The molecule has 0 bridgehead atoms. The number of nitrogens with zero attached hydrogens (tertiary/aromatic N) is 2. The van der Waals surface area contributed by atoms with Crippen LogP contribution in [0.3, 0.4) is 0 Å². The van der Waals surface area contributed by atoms with Gasteiger partial charge in [0.1, 0.15) is 10.8 Å². The van der Waals surface area contributed by atoms with E-state index < -0.39 is 0 Å². The van der Waals surface area contributed by atoms with Crippen molar-refractivity contribution in [1.29, 1.82) is 5.26 Å². The molecule has 3 aromatic rings. The molecule has 0 fully saturated rings. The molecule has 1 amide bonds. The minimum absolute atomic E-state index is 0.0971. The molecule has 1 aromatic heterocycles. The number of nitrogens with one attached hydrogen (secondary N) is 1. The standard InChI is InChI=1S/C18H13N3O2S/c19-11-13-1-7-16(8-2-13)23-12-17(22)21-15-5-3-14(4-6-15)18-20-9-10-24-18/h1-10H,12H2,(H,21,22). The quantitative estimate of drug-likeness (QED) is 0.771. The van der Waals surface area contributed by atoms with Crippen LogP contribution in [0, 0.1) is 11.3 Å². The number of amides is 1. The highest BCUT2D eigenvalue weighted by atomic mass is 32.1.